The lowest BCUT2D eigenvalue weighted by Crippen LogP contribution is -2.03. The van der Waals surface area contributed by atoms with Gasteiger partial charge in [0.05, 0.1) is 0 Å². The van der Waals surface area contributed by atoms with E-state index in [1.165, 1.54) is 57.8 Å². The summed E-state index contributed by atoms with van der Waals surface area (Å²) < 4.78 is 0. The van der Waals surface area contributed by atoms with E-state index in [0.29, 0.717) is 5.92 Å². The normalized spacial score (nSPS) is 13.4. The average molecular weight is 211 g/mol. The maximum atomic E-state index is 4.09. The van der Waals surface area contributed by atoms with E-state index in [1.807, 2.05) is 0 Å². The van der Waals surface area contributed by atoms with Crippen LogP contribution in [0.5, 0.6) is 0 Å². The van der Waals surface area contributed by atoms with Gasteiger partial charge in [0.25, 0.3) is 0 Å². The van der Waals surface area contributed by atoms with Crippen molar-refractivity contribution in [2.75, 3.05) is 0 Å². The molecule has 0 aromatic rings. The van der Waals surface area contributed by atoms with Crippen LogP contribution in [0.15, 0.2) is 0 Å². The summed E-state index contributed by atoms with van der Waals surface area (Å²) in [6, 6.07) is 0. The van der Waals surface area contributed by atoms with Gasteiger partial charge in [-0.25, -0.2) is 0 Å². The number of unbranched alkanes of at least 4 members (excludes halogenated alkanes) is 5. The minimum Gasteiger partial charge on any atom is -0.0654 e. The Labute approximate surface area is 97.8 Å². The fourth-order valence-corrected chi connectivity index (χ4v) is 2.27. The lowest BCUT2D eigenvalue weighted by molar-refractivity contribution is 0.376. The van der Waals surface area contributed by atoms with Crippen molar-refractivity contribution in [1.82, 2.24) is 0 Å². The molecule has 0 saturated carbocycles. The van der Waals surface area contributed by atoms with Crippen LogP contribution in [0, 0.1) is 18.8 Å². The highest BCUT2D eigenvalue weighted by molar-refractivity contribution is 4.64. The summed E-state index contributed by atoms with van der Waals surface area (Å²) in [5, 5.41) is 0. The van der Waals surface area contributed by atoms with Gasteiger partial charge in [-0.05, 0) is 18.3 Å². The highest BCUT2D eigenvalue weighted by atomic mass is 14.1. The Hall–Kier alpha value is 0. The molecule has 2 atom stereocenters. The predicted molar refractivity (Wildman–Crippen MR) is 70.9 cm³/mol. The molecule has 0 nitrogen and oxygen atoms in total. The molecule has 0 N–H and O–H groups in total. The lowest BCUT2D eigenvalue weighted by atomic mass is 9.90. The number of hydrogen-bond donors (Lipinski definition) is 0. The second kappa shape index (κ2) is 10.5. The van der Waals surface area contributed by atoms with Crippen LogP contribution in [0.1, 0.15) is 78.6 Å². The summed E-state index contributed by atoms with van der Waals surface area (Å²) >= 11 is 0. The van der Waals surface area contributed by atoms with E-state index in [-0.39, 0.29) is 0 Å². The third-order valence-corrected chi connectivity index (χ3v) is 3.28. The molecule has 0 amide bonds. The lowest BCUT2D eigenvalue weighted by Gasteiger charge is -2.16. The molecule has 0 aliphatic rings. The van der Waals surface area contributed by atoms with Crippen molar-refractivity contribution in [3.63, 3.8) is 0 Å². The fourth-order valence-electron chi connectivity index (χ4n) is 2.27. The summed E-state index contributed by atoms with van der Waals surface area (Å²) in [7, 11) is 0. The third kappa shape index (κ3) is 10.3. The van der Waals surface area contributed by atoms with Crippen molar-refractivity contribution in [2.45, 2.75) is 78.6 Å². The van der Waals surface area contributed by atoms with Crippen molar-refractivity contribution in [3.8, 4) is 0 Å². The minimum atomic E-state index is 0.634. The third-order valence-electron chi connectivity index (χ3n) is 3.28. The van der Waals surface area contributed by atoms with Gasteiger partial charge in [-0.2, -0.15) is 0 Å². The first-order valence-corrected chi connectivity index (χ1v) is 7.03. The average Bonchev–Trinajstić information content (AvgIpc) is 2.20. The Morgan fingerprint density at radius 2 is 1.53 bits per heavy atom. The van der Waals surface area contributed by atoms with Gasteiger partial charge in [0.15, 0.2) is 0 Å². The molecule has 0 aromatic carbocycles. The Kier molecular flexibility index (Phi) is 10.5. The van der Waals surface area contributed by atoms with Gasteiger partial charge >= 0.3 is 0 Å². The van der Waals surface area contributed by atoms with Crippen molar-refractivity contribution in [2.24, 2.45) is 11.8 Å². The van der Waals surface area contributed by atoms with E-state index in [0.717, 1.165) is 5.92 Å². The van der Waals surface area contributed by atoms with Gasteiger partial charge in [-0.1, -0.05) is 79.1 Å². The second-order valence-corrected chi connectivity index (χ2v) is 5.17. The van der Waals surface area contributed by atoms with Crippen molar-refractivity contribution >= 4 is 0 Å². The smallest absolute Gasteiger partial charge is 0.0414 e. The van der Waals surface area contributed by atoms with Gasteiger partial charge < -0.3 is 0 Å². The molecular formula is C15H31. The van der Waals surface area contributed by atoms with E-state index < -0.39 is 0 Å². The zero-order valence-corrected chi connectivity index (χ0v) is 11.2. The summed E-state index contributed by atoms with van der Waals surface area (Å²) in [4.78, 5) is 0. The number of rotatable bonds is 10. The van der Waals surface area contributed by atoms with Gasteiger partial charge in [-0.3, -0.25) is 0 Å². The summed E-state index contributed by atoms with van der Waals surface area (Å²) in [5.41, 5.74) is 0. The molecule has 0 heteroatoms. The van der Waals surface area contributed by atoms with E-state index >= 15 is 0 Å². The largest absolute Gasteiger partial charge is 0.0654 e. The topological polar surface area (TPSA) is 0 Å². The number of hydrogen-bond acceptors (Lipinski definition) is 0. The monoisotopic (exact) mass is 211 g/mol. The highest BCUT2D eigenvalue weighted by Gasteiger charge is 2.07. The molecule has 0 aliphatic heterocycles. The van der Waals surface area contributed by atoms with Crippen molar-refractivity contribution in [3.05, 3.63) is 6.92 Å². The van der Waals surface area contributed by atoms with Gasteiger partial charge in [0.2, 0.25) is 0 Å². The highest BCUT2D eigenvalue weighted by Crippen LogP contribution is 2.21. The first-order chi connectivity index (χ1) is 7.20. The molecule has 15 heavy (non-hydrogen) atoms. The molecule has 0 heterocycles. The van der Waals surface area contributed by atoms with Crippen LogP contribution in [0.4, 0.5) is 0 Å². The summed E-state index contributed by atoms with van der Waals surface area (Å²) in [5.74, 6) is 1.57. The summed E-state index contributed by atoms with van der Waals surface area (Å²) in [6.45, 7) is 10.9. The quantitative estimate of drug-likeness (QED) is 0.411. The van der Waals surface area contributed by atoms with Crippen molar-refractivity contribution < 1.29 is 0 Å². The molecule has 0 rings (SSSR count). The van der Waals surface area contributed by atoms with E-state index in [1.54, 1.807) is 0 Å². The van der Waals surface area contributed by atoms with Crippen LogP contribution in [0.3, 0.4) is 0 Å². The Bertz CT molecular complexity index is 115. The summed E-state index contributed by atoms with van der Waals surface area (Å²) in [6.07, 6.45) is 12.7. The molecule has 2 unspecified atom stereocenters. The molecule has 91 valence electrons. The zero-order chi connectivity index (χ0) is 11.5. The molecule has 0 bridgehead atoms. The maximum absolute atomic E-state index is 4.09. The van der Waals surface area contributed by atoms with Gasteiger partial charge in [-0.15, -0.1) is 0 Å². The molecule has 0 fully saturated rings. The van der Waals surface area contributed by atoms with Crippen molar-refractivity contribution in [1.29, 1.82) is 0 Å². The Morgan fingerprint density at radius 1 is 0.933 bits per heavy atom. The maximum Gasteiger partial charge on any atom is -0.0414 e. The van der Waals surface area contributed by atoms with Crippen LogP contribution in [-0.2, 0) is 0 Å². The van der Waals surface area contributed by atoms with Crippen LogP contribution in [-0.4, -0.2) is 0 Å². The molecule has 1 radical (unpaired) electrons. The van der Waals surface area contributed by atoms with Gasteiger partial charge in [0.1, 0.15) is 0 Å². The van der Waals surface area contributed by atoms with E-state index in [2.05, 4.69) is 27.7 Å². The zero-order valence-electron chi connectivity index (χ0n) is 11.2. The molecular weight excluding hydrogens is 180 g/mol. The molecule has 0 aliphatic carbocycles. The van der Waals surface area contributed by atoms with Crippen LogP contribution >= 0.6 is 0 Å². The Morgan fingerprint density at radius 3 is 2.07 bits per heavy atom. The predicted octanol–water partition coefficient (Wildman–Crippen LogP) is 5.62. The SMILES string of the molecule is [CH2]C(C)CC(CC)CCCCCCCC. The minimum absolute atomic E-state index is 0.634. The van der Waals surface area contributed by atoms with Crippen LogP contribution in [0.2, 0.25) is 0 Å². The first-order valence-electron chi connectivity index (χ1n) is 7.03. The van der Waals surface area contributed by atoms with Crippen LogP contribution in [0.25, 0.3) is 0 Å². The Balaban J connectivity index is 3.30. The standard InChI is InChI=1S/C15H31/c1-5-7-8-9-10-11-12-15(6-2)13-14(3)4/h14-15H,3,5-13H2,1-2,4H3. The van der Waals surface area contributed by atoms with Crippen LogP contribution < -0.4 is 0 Å². The van der Waals surface area contributed by atoms with Gasteiger partial charge in [0, 0.05) is 0 Å². The first kappa shape index (κ1) is 15.0. The van der Waals surface area contributed by atoms with E-state index in [4.69, 9.17) is 0 Å². The molecule has 0 saturated heterocycles. The van der Waals surface area contributed by atoms with E-state index in [9.17, 15) is 0 Å². The molecule has 0 spiro atoms. The fraction of sp³-hybridized carbons (Fsp3) is 0.933. The second-order valence-electron chi connectivity index (χ2n) is 5.17. The molecule has 0 aromatic heterocycles.